The lowest BCUT2D eigenvalue weighted by atomic mass is 10.2. The molecule has 106 valence electrons. The van der Waals surface area contributed by atoms with Gasteiger partial charge >= 0.3 is 5.97 Å². The lowest BCUT2D eigenvalue weighted by molar-refractivity contribution is -0.139. The molecule has 0 fully saturated rings. The zero-order valence-corrected chi connectivity index (χ0v) is 12.2. The van der Waals surface area contributed by atoms with E-state index in [1.54, 1.807) is 24.3 Å². The van der Waals surface area contributed by atoms with Crippen molar-refractivity contribution in [3.8, 4) is 5.75 Å². The molecule has 0 unspecified atom stereocenters. The number of carbonyl (C=O) groups is 1. The zero-order chi connectivity index (χ0) is 15.0. The molecule has 0 atom stereocenters. The van der Waals surface area contributed by atoms with Crippen LogP contribution in [0.2, 0.25) is 5.02 Å². The van der Waals surface area contributed by atoms with Crippen LogP contribution in [0.15, 0.2) is 41.2 Å². The molecule has 0 saturated heterocycles. The first-order valence-electron chi connectivity index (χ1n) is 6.06. The Morgan fingerprint density at radius 1 is 1.24 bits per heavy atom. The summed E-state index contributed by atoms with van der Waals surface area (Å²) in [6.45, 7) is -0.468. The minimum Gasteiger partial charge on any atom is -0.480 e. The molecule has 0 bridgehead atoms. The summed E-state index contributed by atoms with van der Waals surface area (Å²) in [7, 11) is 0. The zero-order valence-electron chi connectivity index (χ0n) is 10.6. The number of fused-ring (bicyclic) bond motifs is 2. The van der Waals surface area contributed by atoms with Gasteiger partial charge in [0, 0.05) is 10.1 Å². The standard InChI is InChI=1S/C15H9ClO4S/c16-9-5-6-10(20-7-12(17)18)15-13(9)14(19)8-3-1-2-4-11(8)21-15/h1-6H,7H2,(H,17,18). The van der Waals surface area contributed by atoms with Gasteiger partial charge in [-0.15, -0.1) is 11.3 Å². The number of ether oxygens (including phenoxy) is 1. The number of hydrogen-bond donors (Lipinski definition) is 1. The fraction of sp³-hybridized carbons (Fsp3) is 0.0667. The van der Waals surface area contributed by atoms with Gasteiger partial charge in [0.1, 0.15) is 5.75 Å². The van der Waals surface area contributed by atoms with Gasteiger partial charge in [-0.2, -0.15) is 0 Å². The maximum atomic E-state index is 12.5. The summed E-state index contributed by atoms with van der Waals surface area (Å²) < 4.78 is 6.62. The molecule has 0 radical (unpaired) electrons. The molecule has 1 aromatic heterocycles. The third-order valence-corrected chi connectivity index (χ3v) is 4.49. The number of carboxylic acids is 1. The van der Waals surface area contributed by atoms with Gasteiger partial charge in [-0.1, -0.05) is 23.7 Å². The maximum Gasteiger partial charge on any atom is 0.341 e. The van der Waals surface area contributed by atoms with Crippen molar-refractivity contribution in [3.05, 3.63) is 51.6 Å². The third kappa shape index (κ3) is 2.46. The van der Waals surface area contributed by atoms with Crippen molar-refractivity contribution in [2.45, 2.75) is 0 Å². The highest BCUT2D eigenvalue weighted by Gasteiger charge is 2.14. The van der Waals surface area contributed by atoms with Crippen LogP contribution < -0.4 is 10.2 Å². The Kier molecular flexibility index (Phi) is 3.53. The van der Waals surface area contributed by atoms with E-state index in [1.807, 2.05) is 12.1 Å². The second-order valence-corrected chi connectivity index (χ2v) is 5.82. The fourth-order valence-electron chi connectivity index (χ4n) is 2.09. The van der Waals surface area contributed by atoms with E-state index in [0.717, 1.165) is 4.70 Å². The van der Waals surface area contributed by atoms with Crippen molar-refractivity contribution >= 4 is 49.1 Å². The van der Waals surface area contributed by atoms with Crippen LogP contribution in [-0.4, -0.2) is 17.7 Å². The summed E-state index contributed by atoms with van der Waals surface area (Å²) in [6, 6.07) is 10.3. The molecule has 3 aromatic rings. The number of halogens is 1. The van der Waals surface area contributed by atoms with Gasteiger partial charge in [0.05, 0.1) is 15.1 Å². The van der Waals surface area contributed by atoms with E-state index < -0.39 is 12.6 Å². The van der Waals surface area contributed by atoms with Crippen LogP contribution in [0.25, 0.3) is 20.2 Å². The van der Waals surface area contributed by atoms with Gasteiger partial charge in [-0.05, 0) is 24.3 Å². The summed E-state index contributed by atoms with van der Waals surface area (Å²) in [6.07, 6.45) is 0. The molecule has 0 aliphatic carbocycles. The van der Waals surface area contributed by atoms with Crippen LogP contribution in [0.1, 0.15) is 0 Å². The first kappa shape index (κ1) is 13.9. The molecule has 0 spiro atoms. The number of rotatable bonds is 3. The van der Waals surface area contributed by atoms with E-state index in [0.29, 0.717) is 26.2 Å². The average Bonchev–Trinajstić information content (AvgIpc) is 2.46. The van der Waals surface area contributed by atoms with Gasteiger partial charge in [0.15, 0.2) is 12.0 Å². The Balaban J connectivity index is 2.34. The smallest absolute Gasteiger partial charge is 0.341 e. The normalized spacial score (nSPS) is 10.9. The van der Waals surface area contributed by atoms with Crippen LogP contribution in [0.3, 0.4) is 0 Å². The average molecular weight is 321 g/mol. The van der Waals surface area contributed by atoms with E-state index in [2.05, 4.69) is 0 Å². The molecule has 1 N–H and O–H groups in total. The molecule has 21 heavy (non-hydrogen) atoms. The molecule has 0 aliphatic heterocycles. The first-order chi connectivity index (χ1) is 10.1. The van der Waals surface area contributed by atoms with Crippen LogP contribution >= 0.6 is 22.9 Å². The highest BCUT2D eigenvalue weighted by atomic mass is 35.5. The SMILES string of the molecule is O=C(O)COc1ccc(Cl)c2c(=O)c3ccccc3sc12. The Hall–Kier alpha value is -2.11. The second kappa shape index (κ2) is 5.35. The van der Waals surface area contributed by atoms with E-state index >= 15 is 0 Å². The third-order valence-electron chi connectivity index (χ3n) is 2.99. The highest BCUT2D eigenvalue weighted by molar-refractivity contribution is 7.25. The van der Waals surface area contributed by atoms with Crippen molar-refractivity contribution in [2.24, 2.45) is 0 Å². The van der Waals surface area contributed by atoms with Gasteiger partial charge in [-0.3, -0.25) is 4.79 Å². The summed E-state index contributed by atoms with van der Waals surface area (Å²) in [5.41, 5.74) is -0.176. The molecule has 6 heteroatoms. The predicted molar refractivity (Wildman–Crippen MR) is 83.7 cm³/mol. The summed E-state index contributed by atoms with van der Waals surface area (Å²) in [5.74, 6) is -0.726. The minimum atomic E-state index is -1.08. The van der Waals surface area contributed by atoms with Gasteiger partial charge in [0.25, 0.3) is 0 Å². The predicted octanol–water partition coefficient (Wildman–Crippen LogP) is 3.53. The van der Waals surface area contributed by atoms with Gasteiger partial charge in [0.2, 0.25) is 0 Å². The number of aliphatic carboxylic acids is 1. The minimum absolute atomic E-state index is 0.176. The van der Waals surface area contributed by atoms with Crippen molar-refractivity contribution in [1.29, 1.82) is 0 Å². The van der Waals surface area contributed by atoms with Crippen LogP contribution in [0.5, 0.6) is 5.75 Å². The lowest BCUT2D eigenvalue weighted by Gasteiger charge is -2.09. The Morgan fingerprint density at radius 2 is 2.00 bits per heavy atom. The molecule has 4 nitrogen and oxygen atoms in total. The second-order valence-electron chi connectivity index (χ2n) is 4.36. The van der Waals surface area contributed by atoms with E-state index in [-0.39, 0.29) is 5.43 Å². The number of carboxylic acid groups (broad SMARTS) is 1. The molecule has 0 saturated carbocycles. The van der Waals surface area contributed by atoms with Crippen LogP contribution in [0.4, 0.5) is 0 Å². The quantitative estimate of drug-likeness (QED) is 0.750. The fourth-order valence-corrected chi connectivity index (χ4v) is 3.56. The molecule has 1 heterocycles. The van der Waals surface area contributed by atoms with E-state index in [4.69, 9.17) is 21.4 Å². The van der Waals surface area contributed by atoms with Crippen LogP contribution in [0, 0.1) is 0 Å². The van der Waals surface area contributed by atoms with E-state index in [1.165, 1.54) is 11.3 Å². The lowest BCUT2D eigenvalue weighted by Crippen LogP contribution is -2.10. The maximum absolute atomic E-state index is 12.5. The van der Waals surface area contributed by atoms with Crippen molar-refractivity contribution in [2.75, 3.05) is 6.61 Å². The van der Waals surface area contributed by atoms with Crippen molar-refractivity contribution in [3.63, 3.8) is 0 Å². The number of benzene rings is 2. The molecule has 0 amide bonds. The van der Waals surface area contributed by atoms with E-state index in [9.17, 15) is 9.59 Å². The Morgan fingerprint density at radius 3 is 2.76 bits per heavy atom. The Labute approximate surface area is 128 Å². The highest BCUT2D eigenvalue weighted by Crippen LogP contribution is 2.35. The topological polar surface area (TPSA) is 63.6 Å². The van der Waals surface area contributed by atoms with Gasteiger partial charge < -0.3 is 9.84 Å². The molecule has 3 rings (SSSR count). The van der Waals surface area contributed by atoms with Crippen molar-refractivity contribution in [1.82, 2.24) is 0 Å². The van der Waals surface area contributed by atoms with Gasteiger partial charge in [-0.25, -0.2) is 4.79 Å². The molecule has 2 aromatic carbocycles. The first-order valence-corrected chi connectivity index (χ1v) is 7.26. The summed E-state index contributed by atoms with van der Waals surface area (Å²) in [5, 5.41) is 10.0. The van der Waals surface area contributed by atoms with Crippen LogP contribution in [-0.2, 0) is 4.79 Å². The summed E-state index contributed by atoms with van der Waals surface area (Å²) >= 11 is 7.49. The molecule has 0 aliphatic rings. The Bertz CT molecular complexity index is 917. The number of hydrogen-bond acceptors (Lipinski definition) is 4. The molecular weight excluding hydrogens is 312 g/mol. The monoisotopic (exact) mass is 320 g/mol. The largest absolute Gasteiger partial charge is 0.480 e. The van der Waals surface area contributed by atoms with Crippen molar-refractivity contribution < 1.29 is 14.6 Å². The molecular formula is C15H9ClO4S. The summed E-state index contributed by atoms with van der Waals surface area (Å²) in [4.78, 5) is 23.2.